The number of methoxy groups -OCH3 is 1. The monoisotopic (exact) mass is 545 g/mol. The lowest BCUT2D eigenvalue weighted by molar-refractivity contribution is 0.344. The molecule has 0 aliphatic carbocycles. The number of hydrogen-bond acceptors (Lipinski definition) is 5. The molecule has 4 nitrogen and oxygen atoms in total. The molecule has 0 saturated heterocycles. The summed E-state index contributed by atoms with van der Waals surface area (Å²) in [6.45, 7) is 1.66. The van der Waals surface area contributed by atoms with E-state index in [1.807, 2.05) is 36.4 Å². The first-order chi connectivity index (χ1) is 18.0. The van der Waals surface area contributed by atoms with Gasteiger partial charge in [0.15, 0.2) is 5.17 Å². The molecule has 0 N–H and O–H groups in total. The van der Waals surface area contributed by atoms with Crippen LogP contribution in [-0.2, 0) is 0 Å². The Hall–Kier alpha value is -2.96. The van der Waals surface area contributed by atoms with Crippen LogP contribution >= 0.6 is 35.0 Å². The van der Waals surface area contributed by atoms with Gasteiger partial charge < -0.3 is 9.64 Å². The highest BCUT2D eigenvalue weighted by Gasteiger charge is 2.41. The maximum atomic E-state index is 6.30. The Morgan fingerprint density at radius 1 is 0.919 bits per heavy atom. The van der Waals surface area contributed by atoms with Gasteiger partial charge in [0, 0.05) is 28.5 Å². The molecular formula is C30H25Cl2N3OS. The summed E-state index contributed by atoms with van der Waals surface area (Å²) in [6.07, 6.45) is 2.23. The largest absolute Gasteiger partial charge is 0.497 e. The van der Waals surface area contributed by atoms with Crippen molar-refractivity contribution in [3.63, 3.8) is 0 Å². The third-order valence-electron chi connectivity index (χ3n) is 6.81. The van der Waals surface area contributed by atoms with Crippen molar-refractivity contribution >= 4 is 51.9 Å². The first-order valence-electron chi connectivity index (χ1n) is 12.0. The molecule has 0 unspecified atom stereocenters. The van der Waals surface area contributed by atoms with Gasteiger partial charge in [0.1, 0.15) is 5.75 Å². The number of amidine groups is 1. The van der Waals surface area contributed by atoms with Gasteiger partial charge in [-0.05, 0) is 89.5 Å². The smallest absolute Gasteiger partial charge is 0.174 e. The number of halogens is 2. The van der Waals surface area contributed by atoms with E-state index in [1.54, 1.807) is 18.9 Å². The van der Waals surface area contributed by atoms with E-state index in [0.717, 1.165) is 56.6 Å². The molecule has 0 radical (unpaired) electrons. The highest BCUT2D eigenvalue weighted by atomic mass is 35.5. The van der Waals surface area contributed by atoms with E-state index in [9.17, 15) is 0 Å². The van der Waals surface area contributed by atoms with Gasteiger partial charge in [0.05, 0.1) is 24.5 Å². The normalized spacial score (nSPS) is 20.5. The number of rotatable bonds is 4. The zero-order valence-corrected chi connectivity index (χ0v) is 22.8. The zero-order valence-electron chi connectivity index (χ0n) is 20.5. The minimum absolute atomic E-state index is 0.000476. The first-order valence-corrected chi connectivity index (χ1v) is 13.7. The molecule has 7 heteroatoms. The third-order valence-corrected chi connectivity index (χ3v) is 8.15. The van der Waals surface area contributed by atoms with Crippen molar-refractivity contribution in [2.75, 3.05) is 27.2 Å². The third kappa shape index (κ3) is 4.73. The fourth-order valence-electron chi connectivity index (χ4n) is 5.10. The van der Waals surface area contributed by atoms with Crippen molar-refractivity contribution in [1.82, 2.24) is 9.80 Å². The van der Waals surface area contributed by atoms with E-state index >= 15 is 0 Å². The number of fused-ring (bicyclic) bond motifs is 1. The minimum atomic E-state index is -0.000476. The molecule has 186 valence electrons. The number of ether oxygens (including phenoxy) is 1. The van der Waals surface area contributed by atoms with Gasteiger partial charge in [0.25, 0.3) is 0 Å². The van der Waals surface area contributed by atoms with Gasteiger partial charge in [-0.25, -0.2) is 4.99 Å². The summed E-state index contributed by atoms with van der Waals surface area (Å²) in [5.74, 6) is 0.840. The lowest BCUT2D eigenvalue weighted by Crippen LogP contribution is -2.40. The van der Waals surface area contributed by atoms with E-state index < -0.39 is 0 Å². The van der Waals surface area contributed by atoms with Gasteiger partial charge in [-0.2, -0.15) is 0 Å². The van der Waals surface area contributed by atoms with Crippen LogP contribution in [0.3, 0.4) is 0 Å². The second-order valence-electron chi connectivity index (χ2n) is 9.34. The van der Waals surface area contributed by atoms with Crippen LogP contribution in [0.4, 0.5) is 0 Å². The van der Waals surface area contributed by atoms with Crippen LogP contribution in [-0.4, -0.2) is 42.2 Å². The van der Waals surface area contributed by atoms with Gasteiger partial charge in [-0.15, -0.1) is 0 Å². The Balaban J connectivity index is 1.49. The molecule has 6 rings (SSSR count). The van der Waals surface area contributed by atoms with E-state index in [1.165, 1.54) is 16.7 Å². The molecule has 0 amide bonds. The topological polar surface area (TPSA) is 28.1 Å². The molecular weight excluding hydrogens is 521 g/mol. The number of hydrogen-bond donors (Lipinski definition) is 0. The highest BCUT2D eigenvalue weighted by Crippen LogP contribution is 2.49. The zero-order chi connectivity index (χ0) is 25.5. The Kier molecular flexibility index (Phi) is 6.63. The predicted molar refractivity (Wildman–Crippen MR) is 156 cm³/mol. The quantitative estimate of drug-likeness (QED) is 0.335. The van der Waals surface area contributed by atoms with Crippen LogP contribution in [0.2, 0.25) is 10.0 Å². The van der Waals surface area contributed by atoms with Crippen LogP contribution in [0.5, 0.6) is 5.75 Å². The Morgan fingerprint density at radius 3 is 2.27 bits per heavy atom. The van der Waals surface area contributed by atoms with Crippen LogP contribution in [0.1, 0.15) is 22.7 Å². The number of benzene rings is 3. The minimum Gasteiger partial charge on any atom is -0.497 e. The molecule has 0 bridgehead atoms. The molecule has 0 fully saturated rings. The molecule has 3 aromatic rings. The van der Waals surface area contributed by atoms with E-state index in [-0.39, 0.29) is 6.04 Å². The van der Waals surface area contributed by atoms with E-state index in [4.69, 9.17) is 32.9 Å². The fourth-order valence-corrected chi connectivity index (χ4v) is 6.28. The van der Waals surface area contributed by atoms with Crippen LogP contribution in [0.25, 0.3) is 11.8 Å². The number of thioether (sulfide) groups is 1. The Bertz CT molecular complexity index is 1460. The second-order valence-corrected chi connectivity index (χ2v) is 11.0. The summed E-state index contributed by atoms with van der Waals surface area (Å²) in [5.41, 5.74) is 8.13. The van der Waals surface area contributed by atoms with Gasteiger partial charge in [0.2, 0.25) is 0 Å². The lowest BCUT2D eigenvalue weighted by Gasteiger charge is -2.42. The maximum absolute atomic E-state index is 6.30. The molecule has 0 spiro atoms. The predicted octanol–water partition coefficient (Wildman–Crippen LogP) is 7.74. The van der Waals surface area contributed by atoms with Crippen LogP contribution in [0.15, 0.2) is 100 Å². The van der Waals surface area contributed by atoms with Gasteiger partial charge in [-0.1, -0.05) is 59.2 Å². The molecule has 3 aliphatic rings. The molecule has 0 saturated carbocycles. The fraction of sp³-hybridized carbons (Fsp3) is 0.167. The number of aliphatic imine (C=N–C) groups is 1. The van der Waals surface area contributed by atoms with Crippen molar-refractivity contribution in [2.45, 2.75) is 6.04 Å². The highest BCUT2D eigenvalue weighted by molar-refractivity contribution is 8.16. The van der Waals surface area contributed by atoms with Gasteiger partial charge in [-0.3, -0.25) is 4.90 Å². The average molecular weight is 547 g/mol. The van der Waals surface area contributed by atoms with Crippen molar-refractivity contribution in [3.8, 4) is 5.75 Å². The summed E-state index contributed by atoms with van der Waals surface area (Å²) >= 11 is 14.1. The lowest BCUT2D eigenvalue weighted by atomic mass is 9.88. The standard InChI is InChI=1S/C30H25Cl2N3OS/c1-34-16-22(15-19-3-9-23(31)10-4-19)28-26(17-34)29(21-5-11-24(32)12-6-21)35-27(18-37-30(35)33-28)20-7-13-25(36-2)14-8-20/h3-15,18,29H,16-17H2,1-2H3/b22-15+/t29-/m0/s1. The molecule has 3 heterocycles. The summed E-state index contributed by atoms with van der Waals surface area (Å²) in [4.78, 5) is 9.98. The van der Waals surface area contributed by atoms with Crippen LogP contribution < -0.4 is 4.74 Å². The molecule has 1 atom stereocenters. The van der Waals surface area contributed by atoms with Gasteiger partial charge >= 0.3 is 0 Å². The molecule has 3 aromatic carbocycles. The molecule has 0 aromatic heterocycles. The van der Waals surface area contributed by atoms with E-state index in [2.05, 4.69) is 64.7 Å². The van der Waals surface area contributed by atoms with Crippen LogP contribution in [0, 0.1) is 0 Å². The van der Waals surface area contributed by atoms with Crippen molar-refractivity contribution < 1.29 is 4.74 Å². The first kappa shape index (κ1) is 24.4. The Labute approximate surface area is 231 Å². The SMILES string of the molecule is COc1ccc(C2=CSC3=NC4=C(CN(C)C/C4=C\c4ccc(Cl)cc4)[C@H](c4ccc(Cl)cc4)N23)cc1. The summed E-state index contributed by atoms with van der Waals surface area (Å²) in [5, 5.41) is 4.65. The number of nitrogens with zero attached hydrogens (tertiary/aromatic N) is 3. The summed E-state index contributed by atoms with van der Waals surface area (Å²) < 4.78 is 5.39. The maximum Gasteiger partial charge on any atom is 0.174 e. The number of likely N-dealkylation sites (N-methyl/N-ethyl adjacent to an activating group) is 1. The van der Waals surface area contributed by atoms with Crippen molar-refractivity contribution in [3.05, 3.63) is 122 Å². The second kappa shape index (κ2) is 10.1. The molecule has 37 heavy (non-hydrogen) atoms. The Morgan fingerprint density at radius 2 is 1.59 bits per heavy atom. The van der Waals surface area contributed by atoms with Crippen molar-refractivity contribution in [1.29, 1.82) is 0 Å². The summed E-state index contributed by atoms with van der Waals surface area (Å²) in [6, 6.07) is 24.4. The van der Waals surface area contributed by atoms with Crippen molar-refractivity contribution in [2.24, 2.45) is 4.99 Å². The molecule has 3 aliphatic heterocycles. The van der Waals surface area contributed by atoms with E-state index in [0.29, 0.717) is 0 Å². The average Bonchev–Trinajstić information content (AvgIpc) is 3.33. The summed E-state index contributed by atoms with van der Waals surface area (Å²) in [7, 11) is 3.85.